The Kier molecular flexibility index (Phi) is 28.4. The third-order valence-electron chi connectivity index (χ3n) is 16.1. The molecule has 1 aliphatic heterocycles. The minimum Gasteiger partial charge on any atom is -0.481 e. The minimum absolute atomic E-state index is 0.0314. The van der Waals surface area contributed by atoms with Crippen molar-refractivity contribution in [1.82, 2.24) is 29.1 Å². The average molecular weight is 1490 g/mol. The van der Waals surface area contributed by atoms with Crippen LogP contribution in [-0.2, 0) is 87.6 Å². The number of fused-ring (bicyclic) bond motifs is 2. The number of nitrogen functional groups attached to an aromatic ring is 2. The first kappa shape index (κ1) is 80.3. The fourth-order valence-electron chi connectivity index (χ4n) is 9.88. The second kappa shape index (κ2) is 37.8. The summed E-state index contributed by atoms with van der Waals surface area (Å²) in [6, 6.07) is 53.2. The van der Waals surface area contributed by atoms with E-state index in [0.29, 0.717) is 22.7 Å². The average Bonchev–Trinajstić information content (AvgIpc) is 1.65. The van der Waals surface area contributed by atoms with Gasteiger partial charge in [-0.1, -0.05) is 115 Å². The van der Waals surface area contributed by atoms with Gasteiger partial charge in [0.15, 0.2) is 40.6 Å². The first-order valence-electron chi connectivity index (χ1n) is 33.4. The molecule has 552 valence electrons. The predicted octanol–water partition coefficient (Wildman–Crippen LogP) is 15.2. The lowest BCUT2D eigenvalue weighted by Crippen LogP contribution is -2.45. The number of ether oxygens (including phenoxy) is 4. The highest BCUT2D eigenvalue weighted by Crippen LogP contribution is 2.41. The van der Waals surface area contributed by atoms with E-state index in [0.717, 1.165) is 64.2 Å². The van der Waals surface area contributed by atoms with Crippen LogP contribution in [0.2, 0.25) is 0 Å². The van der Waals surface area contributed by atoms with Crippen LogP contribution in [0.25, 0.3) is 41.8 Å². The number of aliphatic carboxylic acids is 2. The lowest BCUT2D eigenvalue weighted by molar-refractivity contribution is -0.238. The van der Waals surface area contributed by atoms with Gasteiger partial charge in [-0.25, -0.2) is 18.7 Å². The maximum Gasteiger partial charge on any atom is 0.323 e. The molecule has 6 aromatic heterocycles. The first-order chi connectivity index (χ1) is 51.0. The number of aryl methyl sites for hydroxylation is 2. The van der Waals surface area contributed by atoms with Crippen molar-refractivity contribution in [2.24, 2.45) is 37.8 Å². The Balaban J connectivity index is 0.000000177. The zero-order valence-corrected chi connectivity index (χ0v) is 61.3. The van der Waals surface area contributed by atoms with Crippen LogP contribution in [-0.4, -0.2) is 92.1 Å². The normalized spacial score (nSPS) is 12.8. The number of esters is 2. The number of carbonyl (C=O) groups excluding carboxylic acids is 6. The fourth-order valence-corrected chi connectivity index (χ4v) is 12.1. The van der Waals surface area contributed by atoms with Crippen molar-refractivity contribution >= 4 is 101 Å². The lowest BCUT2D eigenvalue weighted by Gasteiger charge is -2.31. The fraction of sp³-hybridized carbons (Fsp3) is 0.210. The van der Waals surface area contributed by atoms with E-state index in [1.807, 2.05) is 169 Å². The lowest BCUT2D eigenvalue weighted by atomic mass is 9.92. The predicted molar refractivity (Wildman–Crippen MR) is 404 cm³/mol. The Morgan fingerprint density at radius 3 is 1.19 bits per heavy atom. The molecule has 0 bridgehead atoms. The van der Waals surface area contributed by atoms with Gasteiger partial charge in [0, 0.05) is 120 Å². The molecule has 7 heterocycles. The molecule has 0 saturated carbocycles. The van der Waals surface area contributed by atoms with Crippen molar-refractivity contribution < 1.29 is 76.3 Å². The van der Waals surface area contributed by atoms with E-state index in [9.17, 15) is 47.1 Å². The summed E-state index contributed by atoms with van der Waals surface area (Å²) in [4.78, 5) is 110. The third kappa shape index (κ3) is 23.3. The number of Topliss-reactive ketones (excluding diaryl/α,β-unsaturated/α-hetero) is 4. The number of anilines is 2. The highest BCUT2D eigenvalue weighted by molar-refractivity contribution is 7.22. The van der Waals surface area contributed by atoms with Gasteiger partial charge in [-0.2, -0.15) is 0 Å². The first-order valence-corrected chi connectivity index (χ1v) is 35.0. The molecule has 0 aliphatic carbocycles. The van der Waals surface area contributed by atoms with E-state index < -0.39 is 65.0 Å². The molecular formula is C81H78F2N8O14S2. The summed E-state index contributed by atoms with van der Waals surface area (Å²) >= 11 is 2.97. The number of aromatic nitrogens is 6. The molecule has 107 heavy (non-hydrogen) atoms. The van der Waals surface area contributed by atoms with E-state index in [4.69, 9.17) is 40.6 Å². The highest BCUT2D eigenvalue weighted by atomic mass is 32.1. The molecule has 1 saturated heterocycles. The zero-order valence-electron chi connectivity index (χ0n) is 59.6. The number of nitrogens with two attached hydrogens (primary N) is 2. The topological polar surface area (TPSA) is 327 Å². The molecule has 0 spiro atoms. The van der Waals surface area contributed by atoms with Crippen LogP contribution >= 0.6 is 22.7 Å². The molecule has 13 rings (SSSR count). The molecule has 1 aliphatic rings. The number of cyclic esters (lactones) is 2. The quantitative estimate of drug-likeness (QED) is 0.0313. The largest absolute Gasteiger partial charge is 0.481 e. The van der Waals surface area contributed by atoms with Crippen LogP contribution in [0.4, 0.5) is 20.2 Å². The Morgan fingerprint density at radius 1 is 0.477 bits per heavy atom. The maximum atomic E-state index is 15.0. The third-order valence-corrected chi connectivity index (χ3v) is 18.4. The van der Waals surface area contributed by atoms with E-state index >= 15 is 0 Å². The van der Waals surface area contributed by atoms with Gasteiger partial charge in [0.25, 0.3) is 5.79 Å². The Bertz CT molecular complexity index is 4980. The number of carbonyl (C=O) groups is 8. The van der Waals surface area contributed by atoms with Crippen LogP contribution in [0.5, 0.6) is 23.0 Å². The number of thiophene rings is 2. The standard InChI is InChI=1S/C29H24FN3O3S.C17H13FN4OS.2C11H12O3.C7H10O4.C6H7N/c1-18(23(34)15-19-6-4-3-5-7-19)24(35)16-20-8-9-25(21(30)14-20)36-26-10-11-31-22-17-27(37-28(22)26)29-32-12-13-33(29)2;1-22-7-6-21-17(22)15-9-12-16(24-15)14(4-5-20-12)23-13-3-2-10(19)8-11(13)18;2*1-8(11(13)14)10(12)7-9-5-3-2-4-6-9;1-4-5(8)10-7(2,3)11-6(4)9;7-6-4-2-1-3-5-6/h3-14,17-18H,15-16H2,1-2H3;2-9H,19H2,1H3;2*2-6,8H,7H2,1H3,(H,13,14);4H,1-3H3;1-5H,7H2. The number of imidazole rings is 2. The molecular weight excluding hydrogens is 1410 g/mol. The molecule has 26 heteroatoms. The highest BCUT2D eigenvalue weighted by Gasteiger charge is 2.40. The van der Waals surface area contributed by atoms with Crippen molar-refractivity contribution in [1.29, 1.82) is 0 Å². The number of carboxylic acid groups (broad SMARTS) is 2. The summed E-state index contributed by atoms with van der Waals surface area (Å²) in [5.41, 5.74) is 16.7. The number of para-hydroxylation sites is 1. The van der Waals surface area contributed by atoms with Crippen LogP contribution in [0.15, 0.2) is 219 Å². The SMILES string of the molecule is CC(C(=O)Cc1ccccc1)C(=O)Cc1ccc(Oc2ccnc3cc(-c4nccn4C)sc23)c(F)c1.CC(C(=O)O)C(=O)Cc1ccccc1.CC(C(=O)O)C(=O)Cc1ccccc1.CC1C(=O)OC(C)(C)OC1=O.Cn1ccnc1-c1cc2nccc(Oc3ccc(N)cc3F)c2s1.Nc1ccccc1. The van der Waals surface area contributed by atoms with Gasteiger partial charge < -0.3 is 49.8 Å². The number of benzene rings is 6. The number of ketones is 4. The summed E-state index contributed by atoms with van der Waals surface area (Å²) in [6.07, 6.45) is 11.0. The van der Waals surface area contributed by atoms with Crippen molar-refractivity contribution in [3.05, 3.63) is 253 Å². The number of carboxylic acids is 2. The Morgan fingerprint density at radius 2 is 0.841 bits per heavy atom. The van der Waals surface area contributed by atoms with Gasteiger partial charge in [-0.05, 0) is 98.5 Å². The zero-order chi connectivity index (χ0) is 77.5. The van der Waals surface area contributed by atoms with Crippen molar-refractivity contribution in [2.45, 2.75) is 73.0 Å². The Labute approximate surface area is 623 Å². The molecule has 1 fully saturated rings. The molecule has 3 atom stereocenters. The molecule has 12 aromatic rings. The smallest absolute Gasteiger partial charge is 0.323 e. The van der Waals surface area contributed by atoms with E-state index in [2.05, 4.69) is 19.9 Å². The van der Waals surface area contributed by atoms with Crippen molar-refractivity contribution in [3.63, 3.8) is 0 Å². The number of hydrogen-bond donors (Lipinski definition) is 4. The molecule has 6 aromatic carbocycles. The molecule has 0 amide bonds. The number of hydrogen-bond acceptors (Lipinski definition) is 20. The number of rotatable bonds is 20. The summed E-state index contributed by atoms with van der Waals surface area (Å²) in [6.45, 7) is 8.93. The van der Waals surface area contributed by atoms with Crippen LogP contribution in [0.3, 0.4) is 0 Å². The number of halogens is 2. The van der Waals surface area contributed by atoms with Gasteiger partial charge in [0.1, 0.15) is 46.6 Å². The minimum atomic E-state index is -1.10. The van der Waals surface area contributed by atoms with Gasteiger partial charge in [-0.15, -0.1) is 22.7 Å². The molecule has 6 N–H and O–H groups in total. The molecule has 3 unspecified atom stereocenters. The van der Waals surface area contributed by atoms with Gasteiger partial charge in [0.05, 0.1) is 36.1 Å². The van der Waals surface area contributed by atoms with Gasteiger partial charge in [0.2, 0.25) is 0 Å². The maximum absolute atomic E-state index is 15.0. The van der Waals surface area contributed by atoms with E-state index in [1.54, 1.807) is 56.0 Å². The van der Waals surface area contributed by atoms with Gasteiger partial charge >= 0.3 is 23.9 Å². The van der Waals surface area contributed by atoms with Crippen LogP contribution in [0.1, 0.15) is 63.8 Å². The Hall–Kier alpha value is -12.4. The second-order valence-electron chi connectivity index (χ2n) is 24.9. The summed E-state index contributed by atoms with van der Waals surface area (Å²) in [5, 5.41) is 17.2. The summed E-state index contributed by atoms with van der Waals surface area (Å²) < 4.78 is 55.7. The van der Waals surface area contributed by atoms with Crippen molar-refractivity contribution in [2.75, 3.05) is 11.5 Å². The van der Waals surface area contributed by atoms with E-state index in [-0.39, 0.29) is 60.3 Å². The second-order valence-corrected chi connectivity index (χ2v) is 27.0. The number of pyridine rings is 2. The molecule has 0 radical (unpaired) electrons. The van der Waals surface area contributed by atoms with Gasteiger partial charge in [-0.3, -0.25) is 48.3 Å². The summed E-state index contributed by atoms with van der Waals surface area (Å²) in [5.74, 6) is -6.80. The van der Waals surface area contributed by atoms with E-state index in [1.165, 1.54) is 81.6 Å². The van der Waals surface area contributed by atoms with Crippen molar-refractivity contribution in [3.8, 4) is 44.4 Å². The monoisotopic (exact) mass is 1490 g/mol. The molecule has 22 nitrogen and oxygen atoms in total. The van der Waals surface area contributed by atoms with Crippen LogP contribution < -0.4 is 20.9 Å². The number of nitrogens with zero attached hydrogens (tertiary/aromatic N) is 6. The van der Waals surface area contributed by atoms with Crippen LogP contribution in [0, 0.1) is 35.3 Å². The summed E-state index contributed by atoms with van der Waals surface area (Å²) in [7, 11) is 3.85.